The van der Waals surface area contributed by atoms with Crippen LogP contribution in [0.15, 0.2) is 28.8 Å². The maximum atomic E-state index is 12.4. The first-order chi connectivity index (χ1) is 11.1. The van der Waals surface area contributed by atoms with Crippen molar-refractivity contribution in [3.05, 3.63) is 41.5 Å². The summed E-state index contributed by atoms with van der Waals surface area (Å²) in [5, 5.41) is 16.2. The van der Waals surface area contributed by atoms with E-state index < -0.39 is 5.54 Å². The predicted molar refractivity (Wildman–Crippen MR) is 80.7 cm³/mol. The van der Waals surface area contributed by atoms with E-state index in [1.807, 2.05) is 0 Å². The molecule has 1 aliphatic rings. The maximum absolute atomic E-state index is 12.4. The van der Waals surface area contributed by atoms with Gasteiger partial charge in [0.25, 0.3) is 5.89 Å². The van der Waals surface area contributed by atoms with Crippen molar-refractivity contribution in [2.45, 2.75) is 31.7 Å². The number of nitrogens with zero attached hydrogens (tertiary/aromatic N) is 2. The lowest BCUT2D eigenvalue weighted by atomic mass is 9.89. The van der Waals surface area contributed by atoms with Crippen LogP contribution in [0.3, 0.4) is 0 Å². The van der Waals surface area contributed by atoms with E-state index in [2.05, 4.69) is 15.5 Å². The summed E-state index contributed by atoms with van der Waals surface area (Å²) in [6, 6.07) is 6.58. The topological polar surface area (TPSA) is 97.5 Å². The molecule has 1 aromatic carbocycles. The third-order valence-electron chi connectivity index (χ3n) is 3.96. The minimum absolute atomic E-state index is 0.131. The SMILES string of the molecule is Cc1noc(C2(NC(=O)Cc3ccc(O)cc3)CCOCC2)n1. The summed E-state index contributed by atoms with van der Waals surface area (Å²) < 4.78 is 10.7. The second-order valence-corrected chi connectivity index (χ2v) is 5.73. The molecular weight excluding hydrogens is 298 g/mol. The van der Waals surface area contributed by atoms with E-state index in [-0.39, 0.29) is 18.1 Å². The molecule has 3 rings (SSSR count). The Hall–Kier alpha value is -2.41. The summed E-state index contributed by atoms with van der Waals surface area (Å²) in [7, 11) is 0. The normalized spacial score (nSPS) is 16.9. The molecular formula is C16H19N3O4. The third kappa shape index (κ3) is 3.50. The number of aryl methyl sites for hydroxylation is 1. The van der Waals surface area contributed by atoms with Gasteiger partial charge >= 0.3 is 0 Å². The number of hydrogen-bond donors (Lipinski definition) is 2. The zero-order valence-corrected chi connectivity index (χ0v) is 12.9. The highest BCUT2D eigenvalue weighted by atomic mass is 16.5. The lowest BCUT2D eigenvalue weighted by molar-refractivity contribution is -0.124. The second kappa shape index (κ2) is 6.37. The molecule has 2 heterocycles. The number of aromatic nitrogens is 2. The number of carbonyl (C=O) groups is 1. The molecule has 1 amide bonds. The van der Waals surface area contributed by atoms with Crippen LogP contribution >= 0.6 is 0 Å². The molecule has 0 atom stereocenters. The quantitative estimate of drug-likeness (QED) is 0.886. The minimum Gasteiger partial charge on any atom is -0.508 e. The fraction of sp³-hybridized carbons (Fsp3) is 0.438. The van der Waals surface area contributed by atoms with E-state index in [1.165, 1.54) is 0 Å². The Bertz CT molecular complexity index is 675. The van der Waals surface area contributed by atoms with Crippen LogP contribution in [-0.4, -0.2) is 34.4 Å². The largest absolute Gasteiger partial charge is 0.508 e. The first-order valence-corrected chi connectivity index (χ1v) is 7.55. The van der Waals surface area contributed by atoms with Crippen LogP contribution in [0.5, 0.6) is 5.75 Å². The van der Waals surface area contributed by atoms with Gasteiger partial charge in [0.2, 0.25) is 5.91 Å². The minimum atomic E-state index is -0.673. The summed E-state index contributed by atoms with van der Waals surface area (Å²) in [6.07, 6.45) is 1.40. The van der Waals surface area contributed by atoms with E-state index in [0.29, 0.717) is 37.8 Å². The Balaban J connectivity index is 1.75. The van der Waals surface area contributed by atoms with Gasteiger partial charge in [-0.05, 0) is 24.6 Å². The number of phenolic OH excluding ortho intramolecular Hbond substituents is 1. The second-order valence-electron chi connectivity index (χ2n) is 5.73. The van der Waals surface area contributed by atoms with Crippen LogP contribution in [0.2, 0.25) is 0 Å². The Morgan fingerprint density at radius 1 is 1.30 bits per heavy atom. The van der Waals surface area contributed by atoms with Crippen LogP contribution < -0.4 is 5.32 Å². The van der Waals surface area contributed by atoms with Gasteiger partial charge in [-0.1, -0.05) is 17.3 Å². The molecule has 0 bridgehead atoms. The molecule has 0 spiro atoms. The van der Waals surface area contributed by atoms with Gasteiger partial charge in [-0.3, -0.25) is 4.79 Å². The molecule has 122 valence electrons. The summed E-state index contributed by atoms with van der Waals surface area (Å²) in [6.45, 7) is 2.81. The molecule has 0 radical (unpaired) electrons. The summed E-state index contributed by atoms with van der Waals surface area (Å²) >= 11 is 0. The number of amides is 1. The molecule has 2 aromatic rings. The number of carbonyl (C=O) groups excluding carboxylic acids is 1. The molecule has 0 unspecified atom stereocenters. The molecule has 0 aliphatic carbocycles. The third-order valence-corrected chi connectivity index (χ3v) is 3.96. The monoisotopic (exact) mass is 317 g/mol. The maximum Gasteiger partial charge on any atom is 0.252 e. The van der Waals surface area contributed by atoms with Crippen molar-refractivity contribution >= 4 is 5.91 Å². The summed E-state index contributed by atoms with van der Waals surface area (Å²) in [5.74, 6) is 1.01. The van der Waals surface area contributed by atoms with Crippen LogP contribution in [0.4, 0.5) is 0 Å². The fourth-order valence-corrected chi connectivity index (χ4v) is 2.71. The number of ether oxygens (including phenoxy) is 1. The van der Waals surface area contributed by atoms with Crippen LogP contribution in [0.1, 0.15) is 30.1 Å². The van der Waals surface area contributed by atoms with Crippen LogP contribution in [-0.2, 0) is 21.5 Å². The van der Waals surface area contributed by atoms with Crippen molar-refractivity contribution in [3.8, 4) is 5.75 Å². The molecule has 1 aromatic heterocycles. The van der Waals surface area contributed by atoms with Crippen LogP contribution in [0.25, 0.3) is 0 Å². The van der Waals surface area contributed by atoms with E-state index in [4.69, 9.17) is 9.26 Å². The number of phenols is 1. The lowest BCUT2D eigenvalue weighted by Gasteiger charge is -2.34. The Labute approximate surface area is 133 Å². The summed E-state index contributed by atoms with van der Waals surface area (Å²) in [4.78, 5) is 16.7. The van der Waals surface area contributed by atoms with Gasteiger partial charge in [0.1, 0.15) is 11.3 Å². The Morgan fingerprint density at radius 2 is 2.00 bits per heavy atom. The zero-order chi connectivity index (χ0) is 16.3. The van der Waals surface area contributed by atoms with E-state index in [9.17, 15) is 9.90 Å². The van der Waals surface area contributed by atoms with Gasteiger partial charge in [-0.2, -0.15) is 4.98 Å². The number of aromatic hydroxyl groups is 1. The zero-order valence-electron chi connectivity index (χ0n) is 12.9. The standard InChI is InChI=1S/C16H19N3O4/c1-11-17-15(23-19-11)16(6-8-22-9-7-16)18-14(21)10-12-2-4-13(20)5-3-12/h2-5,20H,6-10H2,1H3,(H,18,21). The first kappa shape index (κ1) is 15.5. The molecule has 1 aliphatic heterocycles. The van der Waals surface area contributed by atoms with Gasteiger partial charge in [-0.15, -0.1) is 0 Å². The van der Waals surface area contributed by atoms with Gasteiger partial charge in [0.05, 0.1) is 6.42 Å². The van der Waals surface area contributed by atoms with E-state index >= 15 is 0 Å². The van der Waals surface area contributed by atoms with Crippen molar-refractivity contribution in [1.29, 1.82) is 0 Å². The van der Waals surface area contributed by atoms with Gasteiger partial charge < -0.3 is 19.7 Å². The molecule has 1 saturated heterocycles. The highest BCUT2D eigenvalue weighted by molar-refractivity contribution is 5.79. The van der Waals surface area contributed by atoms with E-state index in [1.54, 1.807) is 31.2 Å². The average Bonchev–Trinajstić information content (AvgIpc) is 2.98. The van der Waals surface area contributed by atoms with Crippen molar-refractivity contribution in [2.24, 2.45) is 0 Å². The fourth-order valence-electron chi connectivity index (χ4n) is 2.71. The van der Waals surface area contributed by atoms with Crippen molar-refractivity contribution < 1.29 is 19.2 Å². The summed E-state index contributed by atoms with van der Waals surface area (Å²) in [5.41, 5.74) is 0.150. The Kier molecular flexibility index (Phi) is 4.29. The number of hydrogen-bond acceptors (Lipinski definition) is 6. The van der Waals surface area contributed by atoms with Crippen LogP contribution in [0, 0.1) is 6.92 Å². The Morgan fingerprint density at radius 3 is 2.61 bits per heavy atom. The predicted octanol–water partition coefficient (Wildman–Crippen LogP) is 1.45. The smallest absolute Gasteiger partial charge is 0.252 e. The van der Waals surface area contributed by atoms with Gasteiger partial charge in [-0.25, -0.2) is 0 Å². The molecule has 0 saturated carbocycles. The molecule has 7 heteroatoms. The van der Waals surface area contributed by atoms with Gasteiger partial charge in [0, 0.05) is 26.1 Å². The lowest BCUT2D eigenvalue weighted by Crippen LogP contribution is -2.50. The van der Waals surface area contributed by atoms with Crippen molar-refractivity contribution in [2.75, 3.05) is 13.2 Å². The highest BCUT2D eigenvalue weighted by Crippen LogP contribution is 2.31. The van der Waals surface area contributed by atoms with Crippen molar-refractivity contribution in [3.63, 3.8) is 0 Å². The first-order valence-electron chi connectivity index (χ1n) is 7.55. The van der Waals surface area contributed by atoms with Crippen molar-refractivity contribution in [1.82, 2.24) is 15.5 Å². The number of nitrogens with one attached hydrogen (secondary N) is 1. The number of benzene rings is 1. The molecule has 1 fully saturated rings. The number of rotatable bonds is 4. The van der Waals surface area contributed by atoms with Gasteiger partial charge in [0.15, 0.2) is 5.82 Å². The highest BCUT2D eigenvalue weighted by Gasteiger charge is 2.41. The molecule has 2 N–H and O–H groups in total. The average molecular weight is 317 g/mol. The van der Waals surface area contributed by atoms with E-state index in [0.717, 1.165) is 5.56 Å². The molecule has 23 heavy (non-hydrogen) atoms. The molecule has 7 nitrogen and oxygen atoms in total.